The Hall–Kier alpha value is -0.900. The molecule has 0 aromatic carbocycles. The Bertz CT molecular complexity index is 486. The Morgan fingerprint density at radius 2 is 2.00 bits per heavy atom. The third kappa shape index (κ3) is 2.84. The molecule has 0 radical (unpaired) electrons. The van der Waals surface area contributed by atoms with Crippen molar-refractivity contribution in [2.45, 2.75) is 71.3 Å². The van der Waals surface area contributed by atoms with E-state index in [1.165, 1.54) is 0 Å². The predicted octanol–water partition coefficient (Wildman–Crippen LogP) is 3.27. The van der Waals surface area contributed by atoms with E-state index in [2.05, 4.69) is 6.92 Å². The van der Waals surface area contributed by atoms with Gasteiger partial charge in [0.25, 0.3) is 0 Å². The smallest absolute Gasteiger partial charge is 0.303 e. The highest BCUT2D eigenvalue weighted by molar-refractivity contribution is 5.82. The van der Waals surface area contributed by atoms with Gasteiger partial charge in [-0.15, -0.1) is 0 Å². The first-order valence-corrected chi connectivity index (χ1v) is 9.27. The summed E-state index contributed by atoms with van der Waals surface area (Å²) >= 11 is 0. The van der Waals surface area contributed by atoms with Crippen molar-refractivity contribution in [2.75, 3.05) is 0 Å². The molecule has 4 nitrogen and oxygen atoms in total. The van der Waals surface area contributed by atoms with E-state index in [4.69, 9.17) is 5.11 Å². The number of rotatable bonds is 4. The quantitative estimate of drug-likeness (QED) is 0.833. The average molecular weight is 322 g/mol. The number of carbonyl (C=O) groups excluding carboxylic acids is 1. The lowest BCUT2D eigenvalue weighted by Gasteiger charge is -2.53. The summed E-state index contributed by atoms with van der Waals surface area (Å²) in [5.41, 5.74) is 0.201. The normalized spacial score (nSPS) is 44.5. The molecular weight excluding hydrogens is 292 g/mol. The molecule has 3 fully saturated rings. The zero-order valence-electron chi connectivity index (χ0n) is 14.3. The maximum absolute atomic E-state index is 12.4. The molecule has 130 valence electrons. The Balaban J connectivity index is 1.79. The fourth-order valence-corrected chi connectivity index (χ4v) is 6.45. The summed E-state index contributed by atoms with van der Waals surface area (Å²) in [5, 5.41) is 19.1. The lowest BCUT2D eigenvalue weighted by molar-refractivity contribution is -0.140. The van der Waals surface area contributed by atoms with Gasteiger partial charge in [-0.25, -0.2) is 0 Å². The predicted molar refractivity (Wildman–Crippen MR) is 86.8 cm³/mol. The van der Waals surface area contributed by atoms with Crippen LogP contribution in [0, 0.1) is 35.0 Å². The Morgan fingerprint density at radius 3 is 2.65 bits per heavy atom. The van der Waals surface area contributed by atoms with Crippen LogP contribution in [0.1, 0.15) is 65.2 Å². The molecule has 0 aromatic rings. The summed E-state index contributed by atoms with van der Waals surface area (Å²) in [7, 11) is 0. The van der Waals surface area contributed by atoms with Crippen LogP contribution in [0.15, 0.2) is 0 Å². The Morgan fingerprint density at radius 1 is 1.26 bits per heavy atom. The van der Waals surface area contributed by atoms with Crippen molar-refractivity contribution < 1.29 is 19.8 Å². The Kier molecular flexibility index (Phi) is 4.56. The molecule has 4 heteroatoms. The molecule has 2 N–H and O–H groups in total. The minimum Gasteiger partial charge on any atom is -0.481 e. The van der Waals surface area contributed by atoms with Crippen LogP contribution >= 0.6 is 0 Å². The van der Waals surface area contributed by atoms with Gasteiger partial charge in [-0.2, -0.15) is 0 Å². The average Bonchev–Trinajstić information content (AvgIpc) is 2.83. The minimum atomic E-state index is -0.796. The van der Waals surface area contributed by atoms with Crippen molar-refractivity contribution in [3.05, 3.63) is 0 Å². The lowest BCUT2D eigenvalue weighted by atomic mass is 9.52. The van der Waals surface area contributed by atoms with E-state index in [9.17, 15) is 14.7 Å². The highest BCUT2D eigenvalue weighted by atomic mass is 16.4. The molecule has 0 spiro atoms. The number of carboxylic acids is 1. The van der Waals surface area contributed by atoms with E-state index in [1.807, 2.05) is 6.92 Å². The molecular formula is C19H30O4. The number of hydrogen-bond donors (Lipinski definition) is 2. The second-order valence-corrected chi connectivity index (χ2v) is 8.45. The lowest BCUT2D eigenvalue weighted by Crippen LogP contribution is -2.48. The number of Topliss-reactive ketones (excluding diaryl/α,β-unsaturated/α-hetero) is 1. The molecule has 3 rings (SSSR count). The summed E-state index contributed by atoms with van der Waals surface area (Å²) in [4.78, 5) is 23.3. The SMILES string of the molecule is C[C@H](O)[C@H]1CC[C@H]2C3CCC(=O)C(CCC(=O)O)C3CCC12C. The number of carbonyl (C=O) groups is 2. The highest BCUT2D eigenvalue weighted by Crippen LogP contribution is 2.62. The van der Waals surface area contributed by atoms with Crippen LogP contribution in [0.2, 0.25) is 0 Å². The minimum absolute atomic E-state index is 0.0417. The van der Waals surface area contributed by atoms with Crippen LogP contribution in [0.5, 0.6) is 0 Å². The first-order valence-electron chi connectivity index (χ1n) is 9.27. The highest BCUT2D eigenvalue weighted by Gasteiger charge is 2.57. The molecule has 0 amide bonds. The van der Waals surface area contributed by atoms with Gasteiger partial charge in [0.1, 0.15) is 5.78 Å². The summed E-state index contributed by atoms with van der Waals surface area (Å²) in [6.07, 6.45) is 6.31. The van der Waals surface area contributed by atoms with E-state index in [1.54, 1.807) is 0 Å². The molecule has 0 aromatic heterocycles. The molecule has 0 heterocycles. The molecule has 3 saturated carbocycles. The monoisotopic (exact) mass is 322 g/mol. The third-order valence-corrected chi connectivity index (χ3v) is 7.47. The molecule has 0 bridgehead atoms. The number of ketones is 1. The molecule has 3 aliphatic rings. The van der Waals surface area contributed by atoms with Crippen LogP contribution < -0.4 is 0 Å². The maximum atomic E-state index is 12.4. The van der Waals surface area contributed by atoms with E-state index < -0.39 is 5.97 Å². The van der Waals surface area contributed by atoms with Gasteiger partial charge in [-0.05, 0) is 74.5 Å². The van der Waals surface area contributed by atoms with Crippen LogP contribution in [0.25, 0.3) is 0 Å². The second kappa shape index (κ2) is 6.19. The standard InChI is InChI=1S/C19H30O4/c1-11(20)15-5-6-16-13-3-7-17(21)14(4-8-18(22)23)12(13)9-10-19(15,16)2/h11-16,20H,3-10H2,1-2H3,(H,22,23)/t11-,12?,13?,14?,15+,16-,19?/m0/s1. The van der Waals surface area contributed by atoms with E-state index in [-0.39, 0.29) is 23.9 Å². The van der Waals surface area contributed by atoms with Crippen LogP contribution in [-0.4, -0.2) is 28.1 Å². The van der Waals surface area contributed by atoms with Crippen LogP contribution in [0.4, 0.5) is 0 Å². The van der Waals surface area contributed by atoms with Crippen molar-refractivity contribution in [3.63, 3.8) is 0 Å². The van der Waals surface area contributed by atoms with Crippen LogP contribution in [-0.2, 0) is 9.59 Å². The van der Waals surface area contributed by atoms with Crippen molar-refractivity contribution in [1.29, 1.82) is 0 Å². The molecule has 23 heavy (non-hydrogen) atoms. The third-order valence-electron chi connectivity index (χ3n) is 7.47. The van der Waals surface area contributed by atoms with Gasteiger partial charge in [-0.3, -0.25) is 9.59 Å². The Labute approximate surface area is 138 Å². The van der Waals surface area contributed by atoms with Crippen molar-refractivity contribution >= 4 is 11.8 Å². The number of aliphatic hydroxyl groups is 1. The summed E-state index contributed by atoms with van der Waals surface area (Å²) in [6, 6.07) is 0. The number of hydrogen-bond acceptors (Lipinski definition) is 3. The summed E-state index contributed by atoms with van der Waals surface area (Å²) < 4.78 is 0. The molecule has 7 atom stereocenters. The van der Waals surface area contributed by atoms with Gasteiger partial charge < -0.3 is 10.2 Å². The van der Waals surface area contributed by atoms with Gasteiger partial charge in [-0.1, -0.05) is 6.92 Å². The van der Waals surface area contributed by atoms with E-state index in [0.717, 1.165) is 32.1 Å². The van der Waals surface area contributed by atoms with Crippen molar-refractivity contribution in [1.82, 2.24) is 0 Å². The van der Waals surface area contributed by atoms with E-state index >= 15 is 0 Å². The largest absolute Gasteiger partial charge is 0.481 e. The molecule has 4 unspecified atom stereocenters. The first kappa shape index (κ1) is 16.9. The van der Waals surface area contributed by atoms with Gasteiger partial charge in [0.05, 0.1) is 6.10 Å². The van der Waals surface area contributed by atoms with Crippen LogP contribution in [0.3, 0.4) is 0 Å². The first-order chi connectivity index (χ1) is 10.8. The number of aliphatic hydroxyl groups excluding tert-OH is 1. The van der Waals surface area contributed by atoms with Gasteiger partial charge in [0, 0.05) is 18.8 Å². The topological polar surface area (TPSA) is 74.6 Å². The van der Waals surface area contributed by atoms with Gasteiger partial charge in [0.2, 0.25) is 0 Å². The molecule has 3 aliphatic carbocycles. The van der Waals surface area contributed by atoms with Gasteiger partial charge >= 0.3 is 5.97 Å². The van der Waals surface area contributed by atoms with Gasteiger partial charge in [0.15, 0.2) is 0 Å². The summed E-state index contributed by atoms with van der Waals surface area (Å²) in [6.45, 7) is 4.27. The fourth-order valence-electron chi connectivity index (χ4n) is 6.45. The van der Waals surface area contributed by atoms with E-state index in [0.29, 0.717) is 42.3 Å². The number of aliphatic carboxylic acids is 1. The zero-order valence-corrected chi connectivity index (χ0v) is 14.3. The zero-order chi connectivity index (χ0) is 16.8. The maximum Gasteiger partial charge on any atom is 0.303 e. The van der Waals surface area contributed by atoms with Crippen molar-refractivity contribution in [2.24, 2.45) is 35.0 Å². The number of fused-ring (bicyclic) bond motifs is 3. The molecule has 0 aliphatic heterocycles. The summed E-state index contributed by atoms with van der Waals surface area (Å²) in [5.74, 6) is 1.36. The molecule has 0 saturated heterocycles. The van der Waals surface area contributed by atoms with Crippen molar-refractivity contribution in [3.8, 4) is 0 Å². The fraction of sp³-hybridized carbons (Fsp3) is 0.895. The number of carboxylic acid groups (broad SMARTS) is 1. The second-order valence-electron chi connectivity index (χ2n) is 8.45.